The normalized spacial score (nSPS) is 5.62. The van der Waals surface area contributed by atoms with Crippen LogP contribution in [0.5, 0.6) is 0 Å². The molecule has 8 radical (unpaired) electrons. The van der Waals surface area contributed by atoms with E-state index >= 15 is 0 Å². The molecule has 0 N–H and O–H groups in total. The molecule has 184 valence electrons. The van der Waals surface area contributed by atoms with Crippen LogP contribution in [0.2, 0.25) is 0 Å². The Kier molecular flexibility index (Phi) is 378. The summed E-state index contributed by atoms with van der Waals surface area (Å²) in [4.78, 5) is 0. The molecule has 0 aromatic heterocycles. The maximum absolute atomic E-state index is 3.44. The number of rotatable bonds is 0. The first-order valence-corrected chi connectivity index (χ1v) is 8.83. The fourth-order valence-corrected chi connectivity index (χ4v) is 0. The van der Waals surface area contributed by atoms with Gasteiger partial charge in [0.05, 0.1) is 0 Å². The van der Waals surface area contributed by atoms with Gasteiger partial charge in [-0.05, 0) is 0 Å². The quantitative estimate of drug-likeness (QED) is 0.213. The molecule has 0 rings (SSSR count). The van der Waals surface area contributed by atoms with Crippen molar-refractivity contribution in [3.8, 4) is 0 Å². The second kappa shape index (κ2) is 115. The molecule has 0 amide bonds. The molecule has 0 heterocycles. The van der Waals surface area contributed by atoms with Gasteiger partial charge < -0.3 is 107 Å². The van der Waals surface area contributed by atoms with Crippen molar-refractivity contribution in [1.82, 2.24) is 0 Å². The van der Waals surface area contributed by atoms with Gasteiger partial charge >= 0.3 is 0 Å². The average Bonchev–Trinajstić information content (AvgIpc) is 2.45. The molecule has 0 spiro atoms. The van der Waals surface area contributed by atoms with Gasteiger partial charge in [0.2, 0.25) is 0 Å². The van der Waals surface area contributed by atoms with Gasteiger partial charge in [-0.1, -0.05) is 55.4 Å². The van der Waals surface area contributed by atoms with E-state index in [9.17, 15) is 0 Å². The van der Waals surface area contributed by atoms with Gasteiger partial charge in [0, 0.05) is 262 Å². The molecular formula is C24H52Y8-12. The summed E-state index contributed by atoms with van der Waals surface area (Å²) in [5.74, 6) is 0. The zero-order valence-electron chi connectivity index (χ0n) is 23.5. The van der Waals surface area contributed by atoms with E-state index in [1.54, 1.807) is 0 Å². The largest absolute Gasteiger partial charge is 0.584 e. The molecule has 0 aliphatic heterocycles. The second-order valence-electron chi connectivity index (χ2n) is 3.71. The zero-order chi connectivity index (χ0) is 22.4. The van der Waals surface area contributed by atoms with Crippen molar-refractivity contribution in [1.29, 1.82) is 0 Å². The summed E-state index contributed by atoms with van der Waals surface area (Å²) in [7, 11) is 0. The summed E-state index contributed by atoms with van der Waals surface area (Å²) < 4.78 is 0. The van der Waals surface area contributed by atoms with Crippen molar-refractivity contribution >= 4 is 0 Å². The Morgan fingerprint density at radius 2 is 0.312 bits per heavy atom. The van der Waals surface area contributed by atoms with Crippen molar-refractivity contribution in [3.63, 3.8) is 0 Å². The summed E-state index contributed by atoms with van der Waals surface area (Å²) in [5.41, 5.74) is -1.00. The van der Waals surface area contributed by atoms with E-state index in [0.29, 0.717) is 0 Å². The third kappa shape index (κ3) is 713. The Morgan fingerprint density at radius 3 is 0.312 bits per heavy atom. The van der Waals surface area contributed by atoms with E-state index in [2.05, 4.69) is 83.1 Å². The Bertz CT molecular complexity index is 87.5. The Labute approximate surface area is 413 Å². The van der Waals surface area contributed by atoms with E-state index in [4.69, 9.17) is 0 Å². The van der Waals surface area contributed by atoms with Crippen LogP contribution in [0.4, 0.5) is 0 Å². The van der Waals surface area contributed by atoms with Crippen LogP contribution in [0.3, 0.4) is 0 Å². The summed E-state index contributed by atoms with van der Waals surface area (Å²) in [6.07, 6.45) is 1.50. The molecule has 0 nitrogen and oxygen atoms in total. The molecule has 0 aliphatic rings. The van der Waals surface area contributed by atoms with Crippen LogP contribution in [-0.4, -0.2) is 0 Å². The van der Waals surface area contributed by atoms with Gasteiger partial charge in [-0.15, -0.1) is 0 Å². The topological polar surface area (TPSA) is 0 Å². The molecule has 8 heteroatoms. The van der Waals surface area contributed by atoms with Crippen LogP contribution in [0.25, 0.3) is 0 Å². The predicted molar refractivity (Wildman–Crippen MR) is 124 cm³/mol. The van der Waals surface area contributed by atoms with Gasteiger partial charge in [-0.25, -0.2) is 0 Å². The summed E-state index contributed by atoms with van der Waals surface area (Å²) in [6, 6.07) is 0. The molecule has 0 aliphatic carbocycles. The summed E-state index contributed by atoms with van der Waals surface area (Å²) in [6.45, 7) is 57.0. The minimum Gasteiger partial charge on any atom is -0.584 e. The van der Waals surface area contributed by atoms with Crippen LogP contribution in [0.15, 0.2) is 0 Å². The maximum atomic E-state index is 3.44. The molecule has 0 unspecified atom stereocenters. The molecule has 0 atom stereocenters. The fraction of sp³-hybridized carbons (Fsp3) is 0.500. The molecule has 32 heavy (non-hydrogen) atoms. The monoisotopic (exact) mass is 1050 g/mol. The third-order valence-electron chi connectivity index (χ3n) is 0. The number of hydrogen-bond donors (Lipinski definition) is 0. The Hall–Kier alpha value is 8.83. The van der Waals surface area contributed by atoms with Crippen LogP contribution in [-0.2, 0) is 262 Å². The smallest absolute Gasteiger partial charge is 0 e. The van der Waals surface area contributed by atoms with E-state index < -0.39 is 10.8 Å². The molecule has 0 fully saturated rings. The first-order chi connectivity index (χ1) is 10.8. The van der Waals surface area contributed by atoms with Gasteiger partial charge in [-0.2, -0.15) is 0 Å². The molecule has 0 saturated carbocycles. The second-order valence-corrected chi connectivity index (χ2v) is 3.71. The average molecular weight is 1050 g/mol. The van der Waals surface area contributed by atoms with Gasteiger partial charge in [0.15, 0.2) is 0 Å². The SMILES string of the molecule is CC.CC.CC.CC.[CH2-]C([CH2-])([CH2-])[CH2-].[CH2-]C([CH2-])([CH2-])[CH2-].[CH2-]C[CH2-].[CH2-]C[CH2-].[Y].[Y].[Y].[Y].[Y].[Y].[Y].[Y]. The fourth-order valence-electron chi connectivity index (χ4n) is 0. The van der Waals surface area contributed by atoms with Crippen molar-refractivity contribution in [2.24, 2.45) is 10.8 Å². The minimum atomic E-state index is -0.500. The maximum Gasteiger partial charge on any atom is 0 e. The molecule has 0 aromatic carbocycles. The molecular weight excluding hydrogens is 1000 g/mol. The number of hydrogen-bond acceptors (Lipinski definition) is 0. The van der Waals surface area contributed by atoms with Crippen LogP contribution < -0.4 is 0 Å². The zero-order valence-corrected chi connectivity index (χ0v) is 46.2. The van der Waals surface area contributed by atoms with Crippen LogP contribution >= 0.6 is 0 Å². The van der Waals surface area contributed by atoms with Gasteiger partial charge in [0.25, 0.3) is 0 Å². The predicted octanol–water partition coefficient (Wildman–Crippen LogP) is 8.79. The first kappa shape index (κ1) is 105. The Morgan fingerprint density at radius 1 is 0.312 bits per heavy atom. The van der Waals surface area contributed by atoms with Gasteiger partial charge in [0.1, 0.15) is 0 Å². The summed E-state index contributed by atoms with van der Waals surface area (Å²) >= 11 is 0. The molecule has 0 aromatic rings. The third-order valence-corrected chi connectivity index (χ3v) is 0. The van der Waals surface area contributed by atoms with Crippen molar-refractivity contribution in [3.05, 3.63) is 83.1 Å². The van der Waals surface area contributed by atoms with E-state index in [0.717, 1.165) is 12.8 Å². The van der Waals surface area contributed by atoms with Crippen LogP contribution in [0, 0.1) is 93.9 Å². The minimum absolute atomic E-state index is 0. The molecule has 0 bridgehead atoms. The van der Waals surface area contributed by atoms with Crippen LogP contribution in [0.1, 0.15) is 68.2 Å². The first-order valence-electron chi connectivity index (χ1n) is 8.83. The Balaban J connectivity index is -0.00000000649. The van der Waals surface area contributed by atoms with Crippen molar-refractivity contribution in [2.75, 3.05) is 0 Å². The van der Waals surface area contributed by atoms with Gasteiger partial charge in [-0.3, -0.25) is 0 Å². The molecule has 0 saturated heterocycles. The van der Waals surface area contributed by atoms with Crippen molar-refractivity contribution < 1.29 is 262 Å². The summed E-state index contributed by atoms with van der Waals surface area (Å²) in [5, 5.41) is 0. The van der Waals surface area contributed by atoms with E-state index in [-0.39, 0.29) is 262 Å². The van der Waals surface area contributed by atoms with E-state index in [1.165, 1.54) is 0 Å². The van der Waals surface area contributed by atoms with E-state index in [1.807, 2.05) is 55.4 Å². The standard InChI is InChI=1S/2C5H8.2C3H6.4C2H6.8Y/c2*1-5(2,3)4;2*1-3-2;4*1-2;;;;;;;;/h2*1-4H2;2*1-3H2;4*1-2H3;;;;;;;;/q2*-4;2*-2;;;;;;;;;;;;. The van der Waals surface area contributed by atoms with Crippen molar-refractivity contribution in [2.45, 2.75) is 68.2 Å².